The first-order valence-electron chi connectivity index (χ1n) is 8.17. The fourth-order valence-corrected chi connectivity index (χ4v) is 3.08. The van der Waals surface area contributed by atoms with Crippen molar-refractivity contribution < 1.29 is 4.52 Å². The molecule has 0 unspecified atom stereocenters. The van der Waals surface area contributed by atoms with Crippen LogP contribution in [0.2, 0.25) is 0 Å². The highest BCUT2D eigenvalue weighted by atomic mass is 16.5. The Balaban J connectivity index is 1.60. The predicted octanol–water partition coefficient (Wildman–Crippen LogP) is 2.84. The van der Waals surface area contributed by atoms with Gasteiger partial charge < -0.3 is 9.09 Å². The number of hydrogen-bond acceptors (Lipinski definition) is 5. The van der Waals surface area contributed by atoms with E-state index in [2.05, 4.69) is 50.8 Å². The molecule has 1 saturated carbocycles. The number of aryl methyl sites for hydroxylation is 1. The van der Waals surface area contributed by atoms with Gasteiger partial charge in [-0.3, -0.25) is 4.90 Å². The van der Waals surface area contributed by atoms with E-state index in [9.17, 15) is 0 Å². The molecule has 2 aromatic heterocycles. The third kappa shape index (κ3) is 2.53. The van der Waals surface area contributed by atoms with Gasteiger partial charge in [0, 0.05) is 24.5 Å². The minimum atomic E-state index is -0.0587. The Hall–Kier alpha value is -2.47. The van der Waals surface area contributed by atoms with Gasteiger partial charge in [0.2, 0.25) is 11.7 Å². The minimum Gasteiger partial charge on any atom is -0.337 e. The molecule has 1 fully saturated rings. The molecule has 2 heterocycles. The average Bonchev–Trinajstić information content (AvgIpc) is 3.07. The fourth-order valence-electron chi connectivity index (χ4n) is 3.08. The lowest BCUT2D eigenvalue weighted by atomic mass is 10.1. The number of aromatic nitrogens is 4. The van der Waals surface area contributed by atoms with E-state index in [1.54, 1.807) is 0 Å². The van der Waals surface area contributed by atoms with Crippen molar-refractivity contribution in [1.29, 1.82) is 0 Å². The first-order valence-corrected chi connectivity index (χ1v) is 8.17. The number of imidazole rings is 1. The van der Waals surface area contributed by atoms with E-state index >= 15 is 0 Å². The minimum absolute atomic E-state index is 0.0587. The molecule has 6 nitrogen and oxygen atoms in total. The van der Waals surface area contributed by atoms with Crippen LogP contribution < -0.4 is 0 Å². The zero-order valence-corrected chi connectivity index (χ0v) is 14.2. The van der Waals surface area contributed by atoms with Crippen LogP contribution in [0.25, 0.3) is 11.4 Å². The third-order valence-electron chi connectivity index (χ3n) is 4.87. The van der Waals surface area contributed by atoms with Gasteiger partial charge in [0.15, 0.2) is 0 Å². The molecule has 1 aliphatic carbocycles. The summed E-state index contributed by atoms with van der Waals surface area (Å²) >= 11 is 0. The van der Waals surface area contributed by atoms with Gasteiger partial charge >= 0.3 is 0 Å². The normalized spacial score (nSPS) is 15.8. The molecule has 0 saturated heterocycles. The summed E-state index contributed by atoms with van der Waals surface area (Å²) in [6.07, 6.45) is 5.95. The molecule has 6 heteroatoms. The fraction of sp³-hybridized carbons (Fsp3) is 0.389. The van der Waals surface area contributed by atoms with Gasteiger partial charge in [0.1, 0.15) is 11.4 Å². The van der Waals surface area contributed by atoms with Gasteiger partial charge in [-0.25, -0.2) is 4.98 Å². The van der Waals surface area contributed by atoms with Gasteiger partial charge in [-0.15, -0.1) is 0 Å². The second kappa shape index (κ2) is 5.56. The molecule has 3 aromatic rings. The van der Waals surface area contributed by atoms with Crippen LogP contribution in [-0.2, 0) is 12.1 Å². The molecular formula is C18H21N5O. The summed E-state index contributed by atoms with van der Waals surface area (Å²) in [5.41, 5.74) is 2.11. The van der Waals surface area contributed by atoms with Crippen molar-refractivity contribution in [2.75, 3.05) is 14.1 Å². The SMILES string of the molecule is Cc1nccn1Cc1cccc(-c2noc(C3(N(C)C)CC3)n2)c1. The van der Waals surface area contributed by atoms with Crippen molar-refractivity contribution in [3.63, 3.8) is 0 Å². The second-order valence-corrected chi connectivity index (χ2v) is 6.65. The predicted molar refractivity (Wildman–Crippen MR) is 90.4 cm³/mol. The van der Waals surface area contributed by atoms with Crippen LogP contribution in [0, 0.1) is 6.92 Å². The van der Waals surface area contributed by atoms with E-state index in [0.717, 1.165) is 36.7 Å². The highest BCUT2D eigenvalue weighted by molar-refractivity contribution is 5.55. The first kappa shape index (κ1) is 15.1. The maximum atomic E-state index is 5.55. The Bertz CT molecular complexity index is 860. The highest BCUT2D eigenvalue weighted by Gasteiger charge is 2.51. The van der Waals surface area contributed by atoms with Crippen LogP contribution >= 0.6 is 0 Å². The zero-order chi connectivity index (χ0) is 16.7. The summed E-state index contributed by atoms with van der Waals surface area (Å²) in [4.78, 5) is 11.1. The lowest BCUT2D eigenvalue weighted by Gasteiger charge is -2.18. The molecule has 4 rings (SSSR count). The first-order chi connectivity index (χ1) is 11.6. The molecule has 0 amide bonds. The van der Waals surface area contributed by atoms with Crippen molar-refractivity contribution in [2.24, 2.45) is 0 Å². The van der Waals surface area contributed by atoms with E-state index in [-0.39, 0.29) is 5.54 Å². The molecule has 124 valence electrons. The van der Waals surface area contributed by atoms with Crippen molar-refractivity contribution in [1.82, 2.24) is 24.6 Å². The van der Waals surface area contributed by atoms with Crippen LogP contribution in [0.3, 0.4) is 0 Å². The van der Waals surface area contributed by atoms with Crippen LogP contribution in [0.1, 0.15) is 30.1 Å². The lowest BCUT2D eigenvalue weighted by molar-refractivity contribution is 0.208. The summed E-state index contributed by atoms with van der Waals surface area (Å²) < 4.78 is 7.67. The third-order valence-corrected chi connectivity index (χ3v) is 4.87. The summed E-state index contributed by atoms with van der Waals surface area (Å²) in [5.74, 6) is 2.38. The summed E-state index contributed by atoms with van der Waals surface area (Å²) in [5, 5.41) is 4.20. The largest absolute Gasteiger partial charge is 0.337 e. The summed E-state index contributed by atoms with van der Waals surface area (Å²) in [6.45, 7) is 2.79. The highest BCUT2D eigenvalue weighted by Crippen LogP contribution is 2.49. The second-order valence-electron chi connectivity index (χ2n) is 6.65. The van der Waals surface area contributed by atoms with Crippen LogP contribution in [-0.4, -0.2) is 38.7 Å². The number of nitrogens with zero attached hydrogens (tertiary/aromatic N) is 5. The van der Waals surface area contributed by atoms with Gasteiger partial charge in [0.25, 0.3) is 0 Å². The van der Waals surface area contributed by atoms with Crippen LogP contribution in [0.15, 0.2) is 41.2 Å². The molecule has 1 aliphatic rings. The van der Waals surface area contributed by atoms with E-state index in [1.165, 1.54) is 5.56 Å². The Kier molecular flexibility index (Phi) is 3.49. The van der Waals surface area contributed by atoms with Gasteiger partial charge in [-0.05, 0) is 45.5 Å². The Morgan fingerprint density at radius 3 is 2.79 bits per heavy atom. The van der Waals surface area contributed by atoms with Crippen molar-refractivity contribution >= 4 is 0 Å². The monoisotopic (exact) mass is 323 g/mol. The molecule has 0 spiro atoms. The van der Waals surface area contributed by atoms with Gasteiger partial charge in [0.05, 0.1) is 0 Å². The molecule has 0 aliphatic heterocycles. The number of rotatable bonds is 5. The average molecular weight is 323 g/mol. The van der Waals surface area contributed by atoms with E-state index in [0.29, 0.717) is 5.82 Å². The molecule has 1 aromatic carbocycles. The van der Waals surface area contributed by atoms with Crippen molar-refractivity contribution in [3.05, 3.63) is 53.9 Å². The van der Waals surface area contributed by atoms with Crippen molar-refractivity contribution in [2.45, 2.75) is 31.8 Å². The smallest absolute Gasteiger partial charge is 0.247 e. The van der Waals surface area contributed by atoms with Crippen molar-refractivity contribution in [3.8, 4) is 11.4 Å². The molecular weight excluding hydrogens is 302 g/mol. The molecule has 0 bridgehead atoms. The molecule has 0 radical (unpaired) electrons. The quantitative estimate of drug-likeness (QED) is 0.722. The Labute approximate surface area is 141 Å². The summed E-state index contributed by atoms with van der Waals surface area (Å²) in [6, 6.07) is 8.27. The number of hydrogen-bond donors (Lipinski definition) is 0. The maximum absolute atomic E-state index is 5.55. The van der Waals surface area contributed by atoms with Gasteiger partial charge in [-0.1, -0.05) is 23.4 Å². The van der Waals surface area contributed by atoms with E-state index < -0.39 is 0 Å². The van der Waals surface area contributed by atoms with Gasteiger partial charge in [-0.2, -0.15) is 4.98 Å². The van der Waals surface area contributed by atoms with Crippen LogP contribution in [0.4, 0.5) is 0 Å². The standard InChI is InChI=1S/C18H21N5O/c1-13-19-9-10-23(13)12-14-5-4-6-15(11-14)16-20-17(24-21-16)18(7-8-18)22(2)3/h4-6,9-11H,7-8,12H2,1-3H3. The maximum Gasteiger partial charge on any atom is 0.247 e. The van der Waals surface area contributed by atoms with Crippen LogP contribution in [0.5, 0.6) is 0 Å². The lowest BCUT2D eigenvalue weighted by Crippen LogP contribution is -2.27. The Morgan fingerprint density at radius 2 is 2.12 bits per heavy atom. The van der Waals surface area contributed by atoms with E-state index in [1.807, 2.05) is 31.5 Å². The topological polar surface area (TPSA) is 60.0 Å². The zero-order valence-electron chi connectivity index (χ0n) is 14.2. The number of benzene rings is 1. The molecule has 0 atom stereocenters. The molecule has 0 N–H and O–H groups in total. The summed E-state index contributed by atoms with van der Waals surface area (Å²) in [7, 11) is 4.12. The molecule has 24 heavy (non-hydrogen) atoms. The van der Waals surface area contributed by atoms with E-state index in [4.69, 9.17) is 4.52 Å². The Morgan fingerprint density at radius 1 is 1.29 bits per heavy atom.